The Morgan fingerprint density at radius 1 is 0.488 bits per heavy atom. The fraction of sp³-hybridized carbons (Fsp3) is 0.793. The Hall–Kier alpha value is -1.53. The maximum Gasteiger partial charge on any atom is 0.188 e. The highest BCUT2D eigenvalue weighted by Gasteiger charge is 2.29. The van der Waals surface area contributed by atoms with Crippen molar-refractivity contribution in [3.05, 3.63) is 17.5 Å². The van der Waals surface area contributed by atoms with Crippen LogP contribution in [0.15, 0.2) is 15.5 Å². The Kier molecular flexibility index (Phi) is 9.97. The first-order valence-corrected chi connectivity index (χ1v) is 17.3. The van der Waals surface area contributed by atoms with Gasteiger partial charge in [-0.05, 0) is 51.4 Å². The number of rotatable bonds is 10. The molecule has 0 bridgehead atoms. The summed E-state index contributed by atoms with van der Waals surface area (Å²) in [5.74, 6) is 3.35. The first-order valence-electron chi connectivity index (χ1n) is 16.0. The standard InChI is InChI=1S/C29H45N9S3/c39-27-33-30-24(36(27)21-10-4-1-5-11-21)18-16-20(26-32-35-29(41)38(26)23-14-8-3-9-15-23)17-19-25-31-34-28(40)37(25)22-12-6-2-7-13-22/h20-23H,1-19H2,(H,33,39)(H,34,40)(H,35,41). The molecule has 0 aliphatic heterocycles. The summed E-state index contributed by atoms with van der Waals surface area (Å²) in [6.45, 7) is 0. The minimum atomic E-state index is 0.199. The van der Waals surface area contributed by atoms with E-state index < -0.39 is 0 Å². The van der Waals surface area contributed by atoms with Gasteiger partial charge < -0.3 is 13.7 Å². The van der Waals surface area contributed by atoms with E-state index in [9.17, 15) is 0 Å². The zero-order valence-corrected chi connectivity index (χ0v) is 26.8. The Bertz CT molecular complexity index is 1200. The van der Waals surface area contributed by atoms with Crippen LogP contribution in [-0.2, 0) is 12.8 Å². The van der Waals surface area contributed by atoms with Gasteiger partial charge in [-0.15, -0.1) is 68.5 Å². The van der Waals surface area contributed by atoms with E-state index in [1.54, 1.807) is 0 Å². The van der Waals surface area contributed by atoms with Gasteiger partial charge in [0, 0.05) is 36.9 Å². The molecule has 224 valence electrons. The molecule has 3 aliphatic carbocycles. The Morgan fingerprint density at radius 2 is 0.854 bits per heavy atom. The molecule has 0 N–H and O–H groups in total. The second-order valence-corrected chi connectivity index (χ2v) is 13.7. The van der Waals surface area contributed by atoms with Crippen molar-refractivity contribution in [3.8, 4) is 0 Å². The number of aryl methyl sites for hydroxylation is 2. The molecule has 0 aromatic carbocycles. The molecule has 6 rings (SSSR count). The predicted octanol–water partition coefficient (Wildman–Crippen LogP) is 7.19. The van der Waals surface area contributed by atoms with Crippen molar-refractivity contribution in [2.75, 3.05) is 0 Å². The summed E-state index contributed by atoms with van der Waals surface area (Å²) in [6, 6.07) is 1.34. The monoisotopic (exact) mass is 615 g/mol. The van der Waals surface area contributed by atoms with Crippen LogP contribution >= 0.6 is 37.9 Å². The average Bonchev–Trinajstić information content (AvgIpc) is 3.70. The van der Waals surface area contributed by atoms with Crippen LogP contribution in [0.1, 0.15) is 151 Å². The van der Waals surface area contributed by atoms with Crippen molar-refractivity contribution in [2.45, 2.75) is 162 Å². The minimum Gasteiger partial charge on any atom is -0.303 e. The summed E-state index contributed by atoms with van der Waals surface area (Å²) in [6.07, 6.45) is 22.1. The molecule has 3 fully saturated rings. The molecule has 0 radical (unpaired) electrons. The maximum atomic E-state index is 4.79. The van der Waals surface area contributed by atoms with Crippen LogP contribution in [0.25, 0.3) is 0 Å². The number of hydrogen-bond acceptors (Lipinski definition) is 9. The second kappa shape index (κ2) is 13.8. The quantitative estimate of drug-likeness (QED) is 0.209. The molecule has 3 aromatic rings. The van der Waals surface area contributed by atoms with Crippen LogP contribution in [0.5, 0.6) is 0 Å². The maximum absolute atomic E-state index is 4.79. The molecule has 3 saturated carbocycles. The van der Waals surface area contributed by atoms with E-state index in [0.717, 1.165) is 58.6 Å². The molecule has 41 heavy (non-hydrogen) atoms. The minimum absolute atomic E-state index is 0.199. The van der Waals surface area contributed by atoms with Crippen molar-refractivity contribution in [1.29, 1.82) is 0 Å². The number of thiol groups is 3. The largest absolute Gasteiger partial charge is 0.303 e. The summed E-state index contributed by atoms with van der Waals surface area (Å²) < 4.78 is 6.96. The zero-order valence-electron chi connectivity index (χ0n) is 24.1. The third-order valence-corrected chi connectivity index (χ3v) is 10.7. The lowest BCUT2D eigenvalue weighted by molar-refractivity contribution is 0.314. The lowest BCUT2D eigenvalue weighted by atomic mass is 9.92. The van der Waals surface area contributed by atoms with Crippen molar-refractivity contribution in [2.24, 2.45) is 0 Å². The van der Waals surface area contributed by atoms with Crippen molar-refractivity contribution in [1.82, 2.24) is 44.3 Å². The Morgan fingerprint density at radius 3 is 1.29 bits per heavy atom. The van der Waals surface area contributed by atoms with Gasteiger partial charge in [0.25, 0.3) is 0 Å². The van der Waals surface area contributed by atoms with Gasteiger partial charge in [-0.2, -0.15) is 0 Å². The third-order valence-electron chi connectivity index (χ3n) is 9.82. The lowest BCUT2D eigenvalue weighted by Gasteiger charge is -2.28. The van der Waals surface area contributed by atoms with Gasteiger partial charge in [0.05, 0.1) is 0 Å². The summed E-state index contributed by atoms with van der Waals surface area (Å²) in [5.41, 5.74) is 0. The normalized spacial score (nSPS) is 19.9. The van der Waals surface area contributed by atoms with Gasteiger partial charge in [-0.25, -0.2) is 0 Å². The van der Waals surface area contributed by atoms with E-state index in [-0.39, 0.29) is 5.92 Å². The highest BCUT2D eigenvalue weighted by atomic mass is 32.1. The topological polar surface area (TPSA) is 92.1 Å². The van der Waals surface area contributed by atoms with E-state index in [0.29, 0.717) is 18.1 Å². The van der Waals surface area contributed by atoms with Gasteiger partial charge in [-0.3, -0.25) is 0 Å². The van der Waals surface area contributed by atoms with Crippen LogP contribution in [0.4, 0.5) is 0 Å². The summed E-state index contributed by atoms with van der Waals surface area (Å²) in [4.78, 5) is 0. The Labute approximate surface area is 260 Å². The van der Waals surface area contributed by atoms with E-state index in [1.165, 1.54) is 96.3 Å². The van der Waals surface area contributed by atoms with Crippen LogP contribution < -0.4 is 0 Å². The van der Waals surface area contributed by atoms with Crippen LogP contribution in [0.3, 0.4) is 0 Å². The molecule has 0 spiro atoms. The summed E-state index contributed by atoms with van der Waals surface area (Å²) in [7, 11) is 0. The van der Waals surface area contributed by atoms with E-state index >= 15 is 0 Å². The molecular weight excluding hydrogens is 571 g/mol. The van der Waals surface area contributed by atoms with Gasteiger partial charge >= 0.3 is 0 Å². The molecule has 9 nitrogen and oxygen atoms in total. The molecule has 3 aromatic heterocycles. The molecular formula is C29H45N9S3. The van der Waals surface area contributed by atoms with E-state index in [1.807, 2.05) is 0 Å². The fourth-order valence-corrected chi connectivity index (χ4v) is 8.63. The molecule has 0 unspecified atom stereocenters. The molecule has 3 heterocycles. The van der Waals surface area contributed by atoms with Crippen molar-refractivity contribution >= 4 is 37.9 Å². The summed E-state index contributed by atoms with van der Waals surface area (Å²) in [5, 5.41) is 29.5. The molecule has 12 heteroatoms. The van der Waals surface area contributed by atoms with Crippen LogP contribution in [0, 0.1) is 0 Å². The molecule has 0 saturated heterocycles. The molecule has 3 aliphatic rings. The first-order chi connectivity index (χ1) is 20.1. The smallest absolute Gasteiger partial charge is 0.188 e. The molecule has 0 amide bonds. The highest BCUT2D eigenvalue weighted by molar-refractivity contribution is 7.80. The average molecular weight is 616 g/mol. The van der Waals surface area contributed by atoms with Crippen LogP contribution in [0.2, 0.25) is 0 Å². The second-order valence-electron chi connectivity index (χ2n) is 12.5. The molecule has 0 atom stereocenters. The van der Waals surface area contributed by atoms with Crippen LogP contribution in [-0.4, -0.2) is 44.3 Å². The van der Waals surface area contributed by atoms with Gasteiger partial charge in [0.2, 0.25) is 0 Å². The number of aromatic nitrogens is 9. The van der Waals surface area contributed by atoms with Crippen molar-refractivity contribution in [3.63, 3.8) is 0 Å². The number of hydrogen-bond donors (Lipinski definition) is 3. The highest BCUT2D eigenvalue weighted by Crippen LogP contribution is 2.37. The van der Waals surface area contributed by atoms with Gasteiger partial charge in [0.15, 0.2) is 15.5 Å². The SMILES string of the molecule is Sc1nnc(CCC(CCc2nnc(S)n2C2CCCCC2)c2nnc(S)n2C2CCCCC2)n1C1CCCCC1. The lowest BCUT2D eigenvalue weighted by Crippen LogP contribution is -2.21. The van der Waals surface area contributed by atoms with Gasteiger partial charge in [-0.1, -0.05) is 57.8 Å². The fourth-order valence-electron chi connectivity index (χ4n) is 7.67. The first kappa shape index (κ1) is 29.5. The Balaban J connectivity index is 1.26. The van der Waals surface area contributed by atoms with Crippen molar-refractivity contribution < 1.29 is 0 Å². The summed E-state index contributed by atoms with van der Waals surface area (Å²) >= 11 is 14.2. The van der Waals surface area contributed by atoms with Gasteiger partial charge in [0.1, 0.15) is 17.5 Å². The third kappa shape index (κ3) is 6.69. The van der Waals surface area contributed by atoms with E-state index in [2.05, 4.69) is 39.2 Å². The predicted molar refractivity (Wildman–Crippen MR) is 168 cm³/mol. The van der Waals surface area contributed by atoms with E-state index in [4.69, 9.17) is 43.0 Å². The number of nitrogens with zero attached hydrogens (tertiary/aromatic N) is 9. The zero-order chi connectivity index (χ0) is 28.2.